The average Bonchev–Trinajstić information content (AvgIpc) is 2.40. The molecule has 0 amide bonds. The maximum Gasteiger partial charge on any atom is 3.00 e. The Labute approximate surface area is 156 Å². The van der Waals surface area contributed by atoms with Gasteiger partial charge >= 0.3 is 49.8 Å². The Morgan fingerprint density at radius 2 is 0.846 bits per heavy atom. The summed E-state index contributed by atoms with van der Waals surface area (Å²) in [5.41, 5.74) is 37.7. The normalized spacial score (nSPS) is 11.7. The quantitative estimate of drug-likeness (QED) is 0.101. The van der Waals surface area contributed by atoms with Gasteiger partial charge in [-0.1, -0.05) is 0 Å². The number of nitrogens with one attached hydrogen (secondary N) is 2. The van der Waals surface area contributed by atoms with Crippen molar-refractivity contribution in [2.45, 2.75) is 12.8 Å². The summed E-state index contributed by atoms with van der Waals surface area (Å²) in [5, 5.41) is 6.58. The SMILES string of the molecule is F[P-](F)(F)(F)(F)F.NCCCNCCNCCCN.[Co+3].[N-]=[N+]=[N-].[N-]=[N+]=[N-]. The van der Waals surface area contributed by atoms with E-state index in [0.717, 1.165) is 52.1 Å². The molecule has 0 aliphatic heterocycles. The molecule has 0 radical (unpaired) electrons. The molecule has 0 unspecified atom stereocenters. The van der Waals surface area contributed by atoms with Crippen LogP contribution in [0.5, 0.6) is 0 Å². The van der Waals surface area contributed by atoms with Gasteiger partial charge in [-0.15, -0.1) is 0 Å². The first-order valence-corrected chi connectivity index (χ1v) is 8.57. The van der Waals surface area contributed by atoms with Crippen molar-refractivity contribution < 1.29 is 42.0 Å². The van der Waals surface area contributed by atoms with E-state index in [4.69, 9.17) is 33.6 Å². The fraction of sp³-hybridized carbons (Fsp3) is 1.00. The monoisotopic (exact) mass is 462 g/mol. The van der Waals surface area contributed by atoms with E-state index in [2.05, 4.69) is 10.6 Å². The molecule has 0 saturated heterocycles. The van der Waals surface area contributed by atoms with Crippen LogP contribution in [0.4, 0.5) is 25.2 Å². The molecule has 0 saturated carbocycles. The fourth-order valence-electron chi connectivity index (χ4n) is 0.881. The smallest absolute Gasteiger partial charge is 0.373 e. The van der Waals surface area contributed by atoms with E-state index in [0.29, 0.717) is 0 Å². The first kappa shape index (κ1) is 36.0. The van der Waals surface area contributed by atoms with E-state index in [1.165, 1.54) is 9.82 Å². The zero-order valence-corrected chi connectivity index (χ0v) is 15.5. The first-order valence-electron chi connectivity index (χ1n) is 6.54. The van der Waals surface area contributed by atoms with Gasteiger partial charge in [0.2, 0.25) is 0 Å². The standard InChI is InChI=1S/C8H22N4.Co.F6P.2N3/c9-3-1-5-11-7-8-12-6-2-4-10;;1-7(2,3,4,5)6;2*1-3-2/h11-12H,1-10H2;;;;/q;+3;3*-1. The van der Waals surface area contributed by atoms with Crippen molar-refractivity contribution >= 4 is 7.81 Å². The van der Waals surface area contributed by atoms with Crippen LogP contribution in [0.25, 0.3) is 31.9 Å². The molecule has 0 fully saturated rings. The Hall–Kier alpha value is -1.02. The van der Waals surface area contributed by atoms with E-state index in [1.54, 1.807) is 0 Å². The maximum atomic E-state index is 9.87. The molecule has 18 heteroatoms. The summed E-state index contributed by atoms with van der Waals surface area (Å²) in [6.07, 6.45) is 2.12. The number of nitrogens with zero attached hydrogens (tertiary/aromatic N) is 6. The van der Waals surface area contributed by atoms with Gasteiger partial charge in [0, 0.05) is 13.1 Å². The molecule has 0 aromatic rings. The summed E-state index contributed by atoms with van der Waals surface area (Å²) in [6, 6.07) is 0. The predicted octanol–water partition coefficient (Wildman–Crippen LogP) is 3.98. The third-order valence-corrected chi connectivity index (χ3v) is 1.59. The van der Waals surface area contributed by atoms with Crippen LogP contribution in [0, 0.1) is 0 Å². The molecule has 0 aliphatic rings. The van der Waals surface area contributed by atoms with Crippen molar-refractivity contribution in [1.82, 2.24) is 10.6 Å². The fourth-order valence-corrected chi connectivity index (χ4v) is 0.881. The van der Waals surface area contributed by atoms with Crippen molar-refractivity contribution in [1.29, 1.82) is 0 Å². The Kier molecular flexibility index (Phi) is 26.0. The average molecular weight is 462 g/mol. The largest absolute Gasteiger partial charge is 3.00 e. The molecule has 26 heavy (non-hydrogen) atoms. The molecule has 6 N–H and O–H groups in total. The van der Waals surface area contributed by atoms with Crippen LogP contribution in [0.15, 0.2) is 0 Å². The van der Waals surface area contributed by atoms with E-state index in [-0.39, 0.29) is 16.8 Å². The Morgan fingerprint density at radius 3 is 1.00 bits per heavy atom. The van der Waals surface area contributed by atoms with Gasteiger partial charge in [-0.3, -0.25) is 9.82 Å². The Balaban J connectivity index is -0.0000000893. The minimum absolute atomic E-state index is 0. The second kappa shape index (κ2) is 18.8. The van der Waals surface area contributed by atoms with Gasteiger partial charge in [-0.25, -0.2) is 0 Å². The molecule has 0 rings (SSSR count). The molecular weight excluding hydrogens is 440 g/mol. The van der Waals surface area contributed by atoms with Crippen molar-refractivity contribution in [3.63, 3.8) is 0 Å². The van der Waals surface area contributed by atoms with Crippen LogP contribution < -0.4 is 22.1 Å². The molecule has 0 atom stereocenters. The van der Waals surface area contributed by atoms with E-state index in [9.17, 15) is 25.2 Å². The second-order valence-corrected chi connectivity index (χ2v) is 5.84. The molecule has 0 spiro atoms. The van der Waals surface area contributed by atoms with Crippen molar-refractivity contribution in [2.75, 3.05) is 39.3 Å². The minimum Gasteiger partial charge on any atom is -0.373 e. The van der Waals surface area contributed by atoms with E-state index in [1.807, 2.05) is 0 Å². The topological polar surface area (TPSA) is 194 Å². The number of hydrogen-bond donors (Lipinski definition) is 4. The second-order valence-electron chi connectivity index (χ2n) is 3.92. The van der Waals surface area contributed by atoms with Gasteiger partial charge in [0.1, 0.15) is 0 Å². The van der Waals surface area contributed by atoms with Crippen molar-refractivity contribution in [3.05, 3.63) is 31.9 Å². The molecule has 0 bridgehead atoms. The summed E-state index contributed by atoms with van der Waals surface area (Å²) >= 11 is 0. The summed E-state index contributed by atoms with van der Waals surface area (Å²) < 4.78 is 59.2. The molecule has 0 aliphatic carbocycles. The molecule has 0 aromatic carbocycles. The minimum atomic E-state index is -10.7. The molecule has 160 valence electrons. The molecule has 10 nitrogen and oxygen atoms in total. The molecule has 0 aromatic heterocycles. The van der Waals surface area contributed by atoms with Crippen molar-refractivity contribution in [3.8, 4) is 0 Å². The molecular formula is C8H22CoF6N10P. The van der Waals surface area contributed by atoms with Gasteiger partial charge < -0.3 is 44.2 Å². The summed E-state index contributed by atoms with van der Waals surface area (Å²) in [6.45, 7) is 5.63. The zero-order valence-electron chi connectivity index (χ0n) is 13.5. The molecule has 0 heterocycles. The van der Waals surface area contributed by atoms with Crippen molar-refractivity contribution in [2.24, 2.45) is 11.5 Å². The third-order valence-electron chi connectivity index (χ3n) is 1.59. The maximum absolute atomic E-state index is 10.7. The van der Waals surface area contributed by atoms with Gasteiger partial charge in [-0.2, -0.15) is 0 Å². The van der Waals surface area contributed by atoms with Crippen LogP contribution >= 0.6 is 7.81 Å². The Morgan fingerprint density at radius 1 is 0.654 bits per heavy atom. The van der Waals surface area contributed by atoms with Gasteiger partial charge in [0.15, 0.2) is 0 Å². The summed E-state index contributed by atoms with van der Waals surface area (Å²) in [5.74, 6) is 0. The van der Waals surface area contributed by atoms with Gasteiger partial charge in [-0.05, 0) is 39.0 Å². The number of nitrogens with two attached hydrogens (primary N) is 2. The Bertz CT molecular complexity index is 334. The van der Waals surface area contributed by atoms with Gasteiger partial charge in [0.05, 0.1) is 0 Å². The summed E-state index contributed by atoms with van der Waals surface area (Å²) in [4.78, 5) is 3.00. The van der Waals surface area contributed by atoms with Crippen LogP contribution in [-0.4, -0.2) is 39.3 Å². The van der Waals surface area contributed by atoms with E-state index < -0.39 is 7.81 Å². The third kappa shape index (κ3) is 174. The van der Waals surface area contributed by atoms with Crippen LogP contribution in [0.2, 0.25) is 0 Å². The summed E-state index contributed by atoms with van der Waals surface area (Å²) in [7, 11) is -10.7. The van der Waals surface area contributed by atoms with Crippen LogP contribution in [0.3, 0.4) is 0 Å². The van der Waals surface area contributed by atoms with E-state index >= 15 is 0 Å². The van der Waals surface area contributed by atoms with Crippen LogP contribution in [0.1, 0.15) is 12.8 Å². The van der Waals surface area contributed by atoms with Gasteiger partial charge in [0.25, 0.3) is 0 Å². The predicted molar refractivity (Wildman–Crippen MR) is 86.8 cm³/mol. The number of hydrogen-bond acceptors (Lipinski definition) is 4. The number of halogens is 6. The van der Waals surface area contributed by atoms with Crippen LogP contribution in [-0.2, 0) is 16.8 Å². The first-order chi connectivity index (χ1) is 11.2. The zero-order chi connectivity index (χ0) is 20.9. The number of rotatable bonds is 9.